The molecule has 4 heteroatoms. The minimum absolute atomic E-state index is 0.00185. The lowest BCUT2D eigenvalue weighted by Crippen LogP contribution is -1.94. The van der Waals surface area contributed by atoms with E-state index in [9.17, 15) is 8.78 Å². The molecule has 0 heterocycles. The van der Waals surface area contributed by atoms with E-state index in [4.69, 9.17) is 10.00 Å². The Bertz CT molecular complexity index is 632. The number of aryl methyl sites for hydroxylation is 1. The van der Waals surface area contributed by atoms with Crippen molar-refractivity contribution in [2.75, 3.05) is 0 Å². The fourth-order valence-corrected chi connectivity index (χ4v) is 1.52. The van der Waals surface area contributed by atoms with Gasteiger partial charge in [-0.25, -0.2) is 8.78 Å². The average molecular weight is 245 g/mol. The van der Waals surface area contributed by atoms with Crippen LogP contribution in [0, 0.1) is 29.9 Å². The highest BCUT2D eigenvalue weighted by Crippen LogP contribution is 2.29. The Hall–Kier alpha value is -2.41. The highest BCUT2D eigenvalue weighted by molar-refractivity contribution is 5.46. The molecule has 0 aliphatic carbocycles. The topological polar surface area (TPSA) is 33.0 Å². The molecule has 2 aromatic rings. The van der Waals surface area contributed by atoms with Crippen LogP contribution < -0.4 is 4.74 Å². The van der Waals surface area contributed by atoms with Crippen LogP contribution in [0.5, 0.6) is 11.5 Å². The predicted molar refractivity (Wildman–Crippen MR) is 62.3 cm³/mol. The van der Waals surface area contributed by atoms with Gasteiger partial charge in [-0.1, -0.05) is 18.2 Å². The van der Waals surface area contributed by atoms with E-state index in [0.29, 0.717) is 5.56 Å². The molecule has 0 spiro atoms. The van der Waals surface area contributed by atoms with Gasteiger partial charge in [-0.05, 0) is 30.7 Å². The van der Waals surface area contributed by atoms with Crippen molar-refractivity contribution in [3.05, 3.63) is 59.2 Å². The van der Waals surface area contributed by atoms with Gasteiger partial charge < -0.3 is 4.74 Å². The fourth-order valence-electron chi connectivity index (χ4n) is 1.52. The smallest absolute Gasteiger partial charge is 0.168 e. The molecule has 2 aromatic carbocycles. The van der Waals surface area contributed by atoms with Crippen molar-refractivity contribution in [2.24, 2.45) is 0 Å². The summed E-state index contributed by atoms with van der Waals surface area (Å²) in [5.74, 6) is -1.24. The lowest BCUT2D eigenvalue weighted by molar-refractivity contribution is 0.435. The van der Waals surface area contributed by atoms with E-state index in [1.165, 1.54) is 18.2 Å². The van der Waals surface area contributed by atoms with Crippen molar-refractivity contribution >= 4 is 0 Å². The molecule has 2 nitrogen and oxygen atoms in total. The van der Waals surface area contributed by atoms with E-state index < -0.39 is 11.6 Å². The molecule has 90 valence electrons. The largest absolute Gasteiger partial charge is 0.453 e. The van der Waals surface area contributed by atoms with Gasteiger partial charge in [0.25, 0.3) is 0 Å². The highest BCUT2D eigenvalue weighted by atomic mass is 19.1. The first-order valence-corrected chi connectivity index (χ1v) is 5.25. The molecule has 0 unspecified atom stereocenters. The molecule has 0 saturated carbocycles. The summed E-state index contributed by atoms with van der Waals surface area (Å²) < 4.78 is 32.3. The second kappa shape index (κ2) is 4.84. The third kappa shape index (κ3) is 2.16. The van der Waals surface area contributed by atoms with Crippen LogP contribution in [0.1, 0.15) is 11.1 Å². The summed E-state index contributed by atoms with van der Waals surface area (Å²) in [7, 11) is 0. The Kier molecular flexibility index (Phi) is 3.24. The Morgan fingerprint density at radius 3 is 2.44 bits per heavy atom. The number of rotatable bonds is 2. The molecular formula is C14H9F2NO. The van der Waals surface area contributed by atoms with Gasteiger partial charge in [0, 0.05) is 0 Å². The van der Waals surface area contributed by atoms with Crippen LogP contribution in [-0.4, -0.2) is 0 Å². The number of ether oxygens (including phenoxy) is 1. The van der Waals surface area contributed by atoms with Crippen molar-refractivity contribution in [1.82, 2.24) is 0 Å². The van der Waals surface area contributed by atoms with Crippen LogP contribution in [0.25, 0.3) is 0 Å². The molecule has 0 aliphatic rings. The van der Waals surface area contributed by atoms with Crippen LogP contribution >= 0.6 is 0 Å². The van der Waals surface area contributed by atoms with E-state index in [0.717, 1.165) is 6.07 Å². The van der Waals surface area contributed by atoms with Gasteiger partial charge in [0.2, 0.25) is 0 Å². The molecule has 0 amide bonds. The van der Waals surface area contributed by atoms with Crippen molar-refractivity contribution in [2.45, 2.75) is 6.92 Å². The maximum absolute atomic E-state index is 13.7. The zero-order chi connectivity index (χ0) is 13.1. The van der Waals surface area contributed by atoms with E-state index in [-0.39, 0.29) is 17.1 Å². The molecule has 0 bridgehead atoms. The summed E-state index contributed by atoms with van der Waals surface area (Å²) in [5.41, 5.74) is 0.181. The van der Waals surface area contributed by atoms with Gasteiger partial charge in [-0.15, -0.1) is 0 Å². The number of hydrogen-bond acceptors (Lipinski definition) is 2. The van der Waals surface area contributed by atoms with E-state index in [2.05, 4.69) is 0 Å². The van der Waals surface area contributed by atoms with Gasteiger partial charge in [0.05, 0.1) is 0 Å². The van der Waals surface area contributed by atoms with Crippen molar-refractivity contribution in [3.63, 3.8) is 0 Å². The third-order valence-electron chi connectivity index (χ3n) is 2.46. The van der Waals surface area contributed by atoms with Gasteiger partial charge >= 0.3 is 0 Å². The van der Waals surface area contributed by atoms with Crippen LogP contribution in [0.4, 0.5) is 8.78 Å². The Labute approximate surface area is 103 Å². The summed E-state index contributed by atoms with van der Waals surface area (Å²) in [6.07, 6.45) is 0. The first kappa shape index (κ1) is 12.1. The summed E-state index contributed by atoms with van der Waals surface area (Å²) >= 11 is 0. The second-order valence-electron chi connectivity index (χ2n) is 3.71. The zero-order valence-electron chi connectivity index (χ0n) is 9.58. The molecule has 18 heavy (non-hydrogen) atoms. The SMILES string of the molecule is Cc1cccc(Oc2cccc(F)c2C#N)c1F. The minimum Gasteiger partial charge on any atom is -0.453 e. The maximum Gasteiger partial charge on any atom is 0.168 e. The summed E-state index contributed by atoms with van der Waals surface area (Å²) in [6, 6.07) is 10.3. The Balaban J connectivity index is 2.44. The van der Waals surface area contributed by atoms with Crippen molar-refractivity contribution < 1.29 is 13.5 Å². The minimum atomic E-state index is -0.692. The third-order valence-corrected chi connectivity index (χ3v) is 2.46. The average Bonchev–Trinajstić information content (AvgIpc) is 2.35. The monoisotopic (exact) mass is 245 g/mol. The van der Waals surface area contributed by atoms with Crippen molar-refractivity contribution in [3.8, 4) is 17.6 Å². The lowest BCUT2D eigenvalue weighted by atomic mass is 10.2. The second-order valence-corrected chi connectivity index (χ2v) is 3.71. The lowest BCUT2D eigenvalue weighted by Gasteiger charge is -2.09. The van der Waals surface area contributed by atoms with Crippen LogP contribution in [0.15, 0.2) is 36.4 Å². The number of nitriles is 1. The molecule has 0 fully saturated rings. The van der Waals surface area contributed by atoms with Crippen LogP contribution in [-0.2, 0) is 0 Å². The number of nitrogens with zero attached hydrogens (tertiary/aromatic N) is 1. The zero-order valence-corrected chi connectivity index (χ0v) is 9.58. The Morgan fingerprint density at radius 1 is 1.06 bits per heavy atom. The number of benzene rings is 2. The Morgan fingerprint density at radius 2 is 1.72 bits per heavy atom. The maximum atomic E-state index is 13.7. The summed E-state index contributed by atoms with van der Waals surface area (Å²) in [6.45, 7) is 1.60. The molecule has 0 atom stereocenters. The van der Waals surface area contributed by atoms with Gasteiger partial charge in [0.15, 0.2) is 11.6 Å². The van der Waals surface area contributed by atoms with Crippen LogP contribution in [0.2, 0.25) is 0 Å². The normalized spacial score (nSPS) is 9.89. The molecule has 0 saturated heterocycles. The molecule has 0 radical (unpaired) electrons. The quantitative estimate of drug-likeness (QED) is 0.802. The predicted octanol–water partition coefficient (Wildman–Crippen LogP) is 3.94. The van der Waals surface area contributed by atoms with Crippen LogP contribution in [0.3, 0.4) is 0 Å². The molecule has 0 N–H and O–H groups in total. The molecule has 2 rings (SSSR count). The standard InChI is InChI=1S/C14H9F2NO/c1-9-4-2-7-13(14(9)16)18-12-6-3-5-11(15)10(12)8-17/h2-7H,1H3. The number of halogens is 2. The van der Waals surface area contributed by atoms with E-state index in [1.54, 1.807) is 25.1 Å². The van der Waals surface area contributed by atoms with Crippen molar-refractivity contribution in [1.29, 1.82) is 5.26 Å². The summed E-state index contributed by atoms with van der Waals surface area (Å²) in [5, 5.41) is 8.84. The fraction of sp³-hybridized carbons (Fsp3) is 0.0714. The van der Waals surface area contributed by atoms with Gasteiger partial charge in [-0.3, -0.25) is 0 Å². The molecular weight excluding hydrogens is 236 g/mol. The first-order valence-electron chi connectivity index (χ1n) is 5.25. The van der Waals surface area contributed by atoms with E-state index in [1.807, 2.05) is 0 Å². The molecule has 0 aromatic heterocycles. The van der Waals surface area contributed by atoms with Gasteiger partial charge in [0.1, 0.15) is 23.2 Å². The highest BCUT2D eigenvalue weighted by Gasteiger charge is 2.12. The molecule has 0 aliphatic heterocycles. The van der Waals surface area contributed by atoms with Gasteiger partial charge in [-0.2, -0.15) is 5.26 Å². The van der Waals surface area contributed by atoms with E-state index >= 15 is 0 Å². The number of hydrogen-bond donors (Lipinski definition) is 0. The first-order chi connectivity index (χ1) is 8.63. The summed E-state index contributed by atoms with van der Waals surface area (Å²) in [4.78, 5) is 0.